The lowest BCUT2D eigenvalue weighted by Gasteiger charge is -2.03. The van der Waals surface area contributed by atoms with Crippen LogP contribution in [-0.4, -0.2) is 16.8 Å². The minimum absolute atomic E-state index is 0.206. The summed E-state index contributed by atoms with van der Waals surface area (Å²) in [4.78, 5) is 22.2. The van der Waals surface area contributed by atoms with E-state index in [1.165, 1.54) is 12.2 Å². The summed E-state index contributed by atoms with van der Waals surface area (Å²) in [5.41, 5.74) is 0.412. The van der Waals surface area contributed by atoms with E-state index in [4.69, 9.17) is 5.84 Å². The van der Waals surface area contributed by atoms with Crippen LogP contribution < -0.4 is 5.84 Å². The smallest absolute Gasteiger partial charge is 0.267 e. The second-order valence-corrected chi connectivity index (χ2v) is 2.22. The molecule has 0 radical (unpaired) electrons. The number of hydrogen-bond donors (Lipinski definition) is 1. The number of amides is 2. The van der Waals surface area contributed by atoms with E-state index in [0.717, 1.165) is 0 Å². The largest absolute Gasteiger partial charge is 0.275 e. The van der Waals surface area contributed by atoms with E-state index in [0.29, 0.717) is 5.01 Å². The average Bonchev–Trinajstić information content (AvgIpc) is 2.29. The molecule has 1 aliphatic rings. The molecule has 0 aromatic carbocycles. The number of carbonyl (C=O) groups is 2. The average molecular weight is 164 g/mol. The van der Waals surface area contributed by atoms with E-state index in [9.17, 15) is 9.59 Å². The number of nitrogens with zero attached hydrogens (tertiary/aromatic N) is 1. The molecule has 0 atom stereocenters. The third kappa shape index (κ3) is 0.895. The molecule has 1 rings (SSSR count). The molecule has 12 heavy (non-hydrogen) atoms. The minimum Gasteiger partial charge on any atom is -0.267 e. The maximum atomic E-state index is 11.1. The van der Waals surface area contributed by atoms with E-state index < -0.39 is 11.8 Å². The van der Waals surface area contributed by atoms with Crippen LogP contribution in [0.5, 0.6) is 0 Å². The molecule has 0 fully saturated rings. The number of imide groups is 1. The zero-order chi connectivity index (χ0) is 9.30. The number of hydrazine groups is 1. The Kier molecular flexibility index (Phi) is 1.93. The summed E-state index contributed by atoms with van der Waals surface area (Å²) >= 11 is 0. The monoisotopic (exact) mass is 164 g/mol. The first-order chi connectivity index (χ1) is 5.63. The van der Waals surface area contributed by atoms with Gasteiger partial charge in [-0.25, -0.2) is 10.9 Å². The quantitative estimate of drug-likeness (QED) is 0.352. The van der Waals surface area contributed by atoms with Gasteiger partial charge in [-0.1, -0.05) is 25.3 Å². The van der Waals surface area contributed by atoms with Crippen LogP contribution in [0.1, 0.15) is 0 Å². The summed E-state index contributed by atoms with van der Waals surface area (Å²) in [5.74, 6) is 4.08. The van der Waals surface area contributed by atoms with Crippen molar-refractivity contribution in [2.75, 3.05) is 0 Å². The van der Waals surface area contributed by atoms with E-state index in [1.807, 2.05) is 0 Å². The highest BCUT2D eigenvalue weighted by Gasteiger charge is 2.32. The highest BCUT2D eigenvalue weighted by molar-refractivity contribution is 6.21. The van der Waals surface area contributed by atoms with Crippen LogP contribution >= 0.6 is 0 Å². The molecule has 1 aliphatic heterocycles. The van der Waals surface area contributed by atoms with Crippen molar-refractivity contribution in [3.8, 4) is 0 Å². The molecule has 1 heterocycles. The highest BCUT2D eigenvalue weighted by atomic mass is 16.2. The Morgan fingerprint density at radius 2 is 1.42 bits per heavy atom. The molecule has 4 heteroatoms. The van der Waals surface area contributed by atoms with E-state index in [-0.39, 0.29) is 11.1 Å². The number of hydrogen-bond acceptors (Lipinski definition) is 3. The van der Waals surface area contributed by atoms with Crippen molar-refractivity contribution in [3.63, 3.8) is 0 Å². The fourth-order valence-electron chi connectivity index (χ4n) is 0.977. The predicted octanol–water partition coefficient (Wildman–Crippen LogP) is -0.102. The predicted molar refractivity (Wildman–Crippen MR) is 43.5 cm³/mol. The minimum atomic E-state index is -0.537. The van der Waals surface area contributed by atoms with Crippen molar-refractivity contribution < 1.29 is 9.59 Å². The lowest BCUT2D eigenvalue weighted by molar-refractivity contribution is -0.137. The van der Waals surface area contributed by atoms with Crippen molar-refractivity contribution in [1.29, 1.82) is 0 Å². The lowest BCUT2D eigenvalue weighted by atomic mass is 10.1. The first kappa shape index (κ1) is 8.42. The molecule has 0 unspecified atom stereocenters. The van der Waals surface area contributed by atoms with Crippen LogP contribution in [0.2, 0.25) is 0 Å². The summed E-state index contributed by atoms with van der Waals surface area (Å²) < 4.78 is 0. The summed E-state index contributed by atoms with van der Waals surface area (Å²) in [6.07, 6.45) is 2.59. The van der Waals surface area contributed by atoms with Gasteiger partial charge < -0.3 is 0 Å². The van der Waals surface area contributed by atoms with Crippen LogP contribution in [0.3, 0.4) is 0 Å². The Labute approximate surface area is 69.6 Å². The van der Waals surface area contributed by atoms with E-state index in [1.54, 1.807) is 0 Å². The Balaban J connectivity index is 3.27. The molecule has 0 aromatic heterocycles. The molecule has 0 saturated carbocycles. The third-order valence-electron chi connectivity index (χ3n) is 1.60. The molecule has 62 valence electrons. The van der Waals surface area contributed by atoms with Gasteiger partial charge in [0.15, 0.2) is 0 Å². The summed E-state index contributed by atoms with van der Waals surface area (Å²) in [6, 6.07) is 0. The molecule has 4 nitrogen and oxygen atoms in total. The standard InChI is InChI=1S/C8H8N2O2/c1-3-5-6(4-2)8(12)10(9)7(5)11/h3-4H,1-2,9H2. The molecule has 0 saturated heterocycles. The molecule has 2 N–H and O–H groups in total. The summed E-state index contributed by atoms with van der Waals surface area (Å²) in [5, 5.41) is 0.550. The normalized spacial score (nSPS) is 17.2. The maximum Gasteiger partial charge on any atom is 0.275 e. The Hall–Kier alpha value is -1.68. The van der Waals surface area contributed by atoms with Gasteiger partial charge in [-0.2, -0.15) is 0 Å². The molecular formula is C8H8N2O2. The molecular weight excluding hydrogens is 156 g/mol. The van der Waals surface area contributed by atoms with Crippen molar-refractivity contribution in [2.24, 2.45) is 5.84 Å². The van der Waals surface area contributed by atoms with Crippen molar-refractivity contribution in [1.82, 2.24) is 5.01 Å². The maximum absolute atomic E-state index is 11.1. The van der Waals surface area contributed by atoms with Gasteiger partial charge in [-0.15, -0.1) is 0 Å². The zero-order valence-corrected chi connectivity index (χ0v) is 6.41. The fourth-order valence-corrected chi connectivity index (χ4v) is 0.977. The Morgan fingerprint density at radius 1 is 1.08 bits per heavy atom. The van der Waals surface area contributed by atoms with Gasteiger partial charge in [0.1, 0.15) is 0 Å². The third-order valence-corrected chi connectivity index (χ3v) is 1.60. The van der Waals surface area contributed by atoms with Crippen LogP contribution in [0.25, 0.3) is 0 Å². The van der Waals surface area contributed by atoms with Gasteiger partial charge in [0, 0.05) is 0 Å². The van der Waals surface area contributed by atoms with Crippen molar-refractivity contribution >= 4 is 11.8 Å². The second kappa shape index (κ2) is 2.75. The van der Waals surface area contributed by atoms with Crippen molar-refractivity contribution in [3.05, 3.63) is 36.5 Å². The number of carbonyl (C=O) groups excluding carboxylic acids is 2. The van der Waals surface area contributed by atoms with Gasteiger partial charge in [-0.3, -0.25) is 9.59 Å². The lowest BCUT2D eigenvalue weighted by Crippen LogP contribution is -2.37. The van der Waals surface area contributed by atoms with Gasteiger partial charge in [-0.05, 0) is 0 Å². The van der Waals surface area contributed by atoms with Crippen LogP contribution in [-0.2, 0) is 9.59 Å². The summed E-state index contributed by atoms with van der Waals surface area (Å²) in [6.45, 7) is 6.80. The Morgan fingerprint density at radius 3 is 1.67 bits per heavy atom. The molecule has 0 aromatic rings. The molecule has 0 spiro atoms. The number of nitrogens with two attached hydrogens (primary N) is 1. The van der Waals surface area contributed by atoms with Gasteiger partial charge >= 0.3 is 0 Å². The SMILES string of the molecule is C=CC1=C(C=C)C(=O)N(N)C1=O. The Bertz CT molecular complexity index is 285. The topological polar surface area (TPSA) is 63.4 Å². The summed E-state index contributed by atoms with van der Waals surface area (Å²) in [7, 11) is 0. The fraction of sp³-hybridized carbons (Fsp3) is 0. The van der Waals surface area contributed by atoms with Gasteiger partial charge in [0.2, 0.25) is 0 Å². The van der Waals surface area contributed by atoms with Gasteiger partial charge in [0.05, 0.1) is 11.1 Å². The highest BCUT2D eigenvalue weighted by Crippen LogP contribution is 2.18. The first-order valence-electron chi connectivity index (χ1n) is 3.26. The van der Waals surface area contributed by atoms with Crippen LogP contribution in [0.4, 0.5) is 0 Å². The first-order valence-corrected chi connectivity index (χ1v) is 3.26. The van der Waals surface area contributed by atoms with Crippen LogP contribution in [0, 0.1) is 0 Å². The van der Waals surface area contributed by atoms with E-state index >= 15 is 0 Å². The molecule has 0 aliphatic carbocycles. The molecule has 0 bridgehead atoms. The van der Waals surface area contributed by atoms with Gasteiger partial charge in [0.25, 0.3) is 11.8 Å². The second-order valence-electron chi connectivity index (χ2n) is 2.22. The zero-order valence-electron chi connectivity index (χ0n) is 6.41. The van der Waals surface area contributed by atoms with Crippen molar-refractivity contribution in [2.45, 2.75) is 0 Å². The number of rotatable bonds is 2. The molecule has 2 amide bonds. The van der Waals surface area contributed by atoms with E-state index in [2.05, 4.69) is 13.2 Å². The van der Waals surface area contributed by atoms with Crippen LogP contribution in [0.15, 0.2) is 36.5 Å².